The van der Waals surface area contributed by atoms with E-state index in [2.05, 4.69) is 93.6 Å². The summed E-state index contributed by atoms with van der Waals surface area (Å²) < 4.78 is 6.21. The van der Waals surface area contributed by atoms with Crippen molar-refractivity contribution in [3.8, 4) is 5.75 Å². The van der Waals surface area contributed by atoms with Crippen LogP contribution in [0.2, 0.25) is 0 Å². The predicted octanol–water partition coefficient (Wildman–Crippen LogP) is 8.58. The minimum Gasteiger partial charge on any atom is -0.491 e. The maximum atomic E-state index is 6.21. The van der Waals surface area contributed by atoms with Crippen molar-refractivity contribution in [2.75, 3.05) is 0 Å². The van der Waals surface area contributed by atoms with Gasteiger partial charge in [0.15, 0.2) is 0 Å². The highest BCUT2D eigenvalue weighted by atomic mass is 16.5. The van der Waals surface area contributed by atoms with Crippen LogP contribution in [0.3, 0.4) is 0 Å². The molecule has 0 radical (unpaired) electrons. The molecule has 7 aromatic rings. The van der Waals surface area contributed by atoms with Gasteiger partial charge < -0.3 is 4.74 Å². The Morgan fingerprint density at radius 2 is 0.806 bits per heavy atom. The van der Waals surface area contributed by atoms with Crippen LogP contribution in [0.1, 0.15) is 19.4 Å². The Labute approximate surface area is 180 Å². The van der Waals surface area contributed by atoms with Crippen LogP contribution in [-0.2, 0) is 0 Å². The molecule has 0 aliphatic carbocycles. The third-order valence-corrected chi connectivity index (χ3v) is 6.74. The lowest BCUT2D eigenvalue weighted by atomic mass is 9.86. The molecule has 0 aromatic heterocycles. The Bertz CT molecular complexity index is 1660. The zero-order chi connectivity index (χ0) is 20.9. The van der Waals surface area contributed by atoms with Crippen molar-refractivity contribution in [1.29, 1.82) is 0 Å². The largest absolute Gasteiger partial charge is 0.491 e. The highest BCUT2D eigenvalue weighted by Crippen LogP contribution is 2.48. The van der Waals surface area contributed by atoms with E-state index >= 15 is 0 Å². The predicted molar refractivity (Wildman–Crippen MR) is 134 cm³/mol. The Morgan fingerprint density at radius 3 is 1.19 bits per heavy atom. The molecule has 0 saturated heterocycles. The maximum Gasteiger partial charge on any atom is 0.120 e. The topological polar surface area (TPSA) is 9.23 Å². The second-order valence-corrected chi connectivity index (χ2v) is 9.21. The van der Waals surface area contributed by atoms with Gasteiger partial charge in [0, 0.05) is 0 Å². The van der Waals surface area contributed by atoms with Gasteiger partial charge >= 0.3 is 0 Å². The highest BCUT2D eigenvalue weighted by molar-refractivity contribution is 6.44. The SMILES string of the molecule is Cc1cc2ccc3ccc4cc(OC(C)C)cc5ccc6ccc(c1)c1c6c5c4c3c21. The van der Waals surface area contributed by atoms with Crippen molar-refractivity contribution in [3.05, 3.63) is 78.4 Å². The molecule has 0 aliphatic rings. The molecule has 1 nitrogen and oxygen atoms in total. The first kappa shape index (κ1) is 17.1. The van der Waals surface area contributed by atoms with Gasteiger partial charge in [0.2, 0.25) is 0 Å². The van der Waals surface area contributed by atoms with Gasteiger partial charge in [-0.15, -0.1) is 0 Å². The maximum absolute atomic E-state index is 6.21. The summed E-state index contributed by atoms with van der Waals surface area (Å²) in [5.74, 6) is 0.931. The monoisotopic (exact) mass is 398 g/mol. The van der Waals surface area contributed by atoms with Crippen LogP contribution in [0.15, 0.2) is 72.8 Å². The van der Waals surface area contributed by atoms with Gasteiger partial charge in [0.05, 0.1) is 6.10 Å². The van der Waals surface area contributed by atoms with Crippen LogP contribution < -0.4 is 4.74 Å². The molecule has 7 rings (SSSR count). The Hall–Kier alpha value is -3.58. The minimum atomic E-state index is 0.135. The summed E-state index contributed by atoms with van der Waals surface area (Å²) >= 11 is 0. The molecule has 0 aliphatic heterocycles. The molecule has 0 fully saturated rings. The molecule has 0 spiro atoms. The lowest BCUT2D eigenvalue weighted by Crippen LogP contribution is -2.04. The van der Waals surface area contributed by atoms with E-state index in [0.717, 1.165) is 5.75 Å². The van der Waals surface area contributed by atoms with Crippen molar-refractivity contribution in [1.82, 2.24) is 0 Å². The highest BCUT2D eigenvalue weighted by Gasteiger charge is 2.19. The van der Waals surface area contributed by atoms with E-state index in [1.165, 1.54) is 70.2 Å². The Morgan fingerprint density at radius 1 is 0.484 bits per heavy atom. The van der Waals surface area contributed by atoms with E-state index in [9.17, 15) is 0 Å². The lowest BCUT2D eigenvalue weighted by molar-refractivity contribution is 0.243. The van der Waals surface area contributed by atoms with Crippen LogP contribution in [0.25, 0.3) is 64.6 Å². The number of aryl methyl sites for hydroxylation is 1. The molecular formula is C30H22O. The molecule has 0 saturated carbocycles. The van der Waals surface area contributed by atoms with E-state index in [1.807, 2.05) is 0 Å². The second kappa shape index (κ2) is 5.76. The molecule has 148 valence electrons. The Kier molecular flexibility index (Phi) is 3.19. The van der Waals surface area contributed by atoms with Crippen molar-refractivity contribution < 1.29 is 4.74 Å². The molecule has 0 bridgehead atoms. The van der Waals surface area contributed by atoms with Gasteiger partial charge in [-0.25, -0.2) is 0 Å². The van der Waals surface area contributed by atoms with Crippen LogP contribution in [-0.4, -0.2) is 6.10 Å². The van der Waals surface area contributed by atoms with Crippen LogP contribution in [0.5, 0.6) is 5.75 Å². The molecule has 0 heterocycles. The normalized spacial score (nSPS) is 12.6. The zero-order valence-electron chi connectivity index (χ0n) is 17.9. The van der Waals surface area contributed by atoms with Gasteiger partial charge in [-0.2, -0.15) is 0 Å². The summed E-state index contributed by atoms with van der Waals surface area (Å²) in [7, 11) is 0. The van der Waals surface area contributed by atoms with Crippen LogP contribution >= 0.6 is 0 Å². The molecule has 0 atom stereocenters. The molecule has 0 N–H and O–H groups in total. The molecular weight excluding hydrogens is 376 g/mol. The number of ether oxygens (including phenoxy) is 1. The first-order valence-corrected chi connectivity index (χ1v) is 11.0. The fraction of sp³-hybridized carbons (Fsp3) is 0.133. The van der Waals surface area contributed by atoms with Gasteiger partial charge in [-0.1, -0.05) is 60.7 Å². The van der Waals surface area contributed by atoms with Gasteiger partial charge in [-0.05, 0) is 103 Å². The van der Waals surface area contributed by atoms with E-state index in [4.69, 9.17) is 4.74 Å². The van der Waals surface area contributed by atoms with E-state index in [1.54, 1.807) is 0 Å². The van der Waals surface area contributed by atoms with Crippen molar-refractivity contribution >= 4 is 64.6 Å². The molecule has 0 unspecified atom stereocenters. The summed E-state index contributed by atoms with van der Waals surface area (Å²) in [6.45, 7) is 6.38. The number of benzene rings is 5. The summed E-state index contributed by atoms with van der Waals surface area (Å²) in [5, 5.41) is 15.9. The fourth-order valence-corrected chi connectivity index (χ4v) is 5.68. The summed E-state index contributed by atoms with van der Waals surface area (Å²) in [6.07, 6.45) is 0.135. The third-order valence-electron chi connectivity index (χ3n) is 6.74. The van der Waals surface area contributed by atoms with Crippen molar-refractivity contribution in [2.45, 2.75) is 26.9 Å². The molecule has 31 heavy (non-hydrogen) atoms. The van der Waals surface area contributed by atoms with E-state index in [0.29, 0.717) is 0 Å². The molecule has 0 amide bonds. The zero-order valence-corrected chi connectivity index (χ0v) is 17.9. The number of hydrogen-bond acceptors (Lipinski definition) is 1. The fourth-order valence-electron chi connectivity index (χ4n) is 5.68. The van der Waals surface area contributed by atoms with Crippen LogP contribution in [0.4, 0.5) is 0 Å². The number of rotatable bonds is 2. The quantitative estimate of drug-likeness (QED) is 0.209. The standard InChI is InChI=1S/C30H22O/c1-16(2)31-24-14-22-10-6-18-4-8-20-12-17(3)13-21-9-5-19-7-11-23(15-24)30-26(19)28(21)27(20)25(18)29(22)30/h4-16H,1-3H3. The molecule has 7 aromatic carbocycles. The van der Waals surface area contributed by atoms with Crippen molar-refractivity contribution in [2.24, 2.45) is 0 Å². The van der Waals surface area contributed by atoms with Gasteiger partial charge in [0.1, 0.15) is 5.75 Å². The first-order valence-electron chi connectivity index (χ1n) is 11.0. The summed E-state index contributed by atoms with van der Waals surface area (Å²) in [5.41, 5.74) is 1.29. The van der Waals surface area contributed by atoms with Crippen molar-refractivity contribution in [3.63, 3.8) is 0 Å². The molecule has 1 heteroatoms. The first-order chi connectivity index (χ1) is 15.1. The van der Waals surface area contributed by atoms with Gasteiger partial charge in [0.25, 0.3) is 0 Å². The average Bonchev–Trinajstić information content (AvgIpc) is 2.99. The van der Waals surface area contributed by atoms with Crippen LogP contribution in [0, 0.1) is 6.92 Å². The number of hydrogen-bond donors (Lipinski definition) is 0. The van der Waals surface area contributed by atoms with E-state index in [-0.39, 0.29) is 6.10 Å². The third kappa shape index (κ3) is 2.21. The van der Waals surface area contributed by atoms with Gasteiger partial charge in [-0.3, -0.25) is 0 Å². The second-order valence-electron chi connectivity index (χ2n) is 9.21. The summed E-state index contributed by atoms with van der Waals surface area (Å²) in [6, 6.07) is 27.3. The minimum absolute atomic E-state index is 0.135. The van der Waals surface area contributed by atoms with E-state index < -0.39 is 0 Å². The summed E-state index contributed by atoms with van der Waals surface area (Å²) in [4.78, 5) is 0. The average molecular weight is 399 g/mol. The smallest absolute Gasteiger partial charge is 0.120 e. The Balaban J connectivity index is 1.92. The lowest BCUT2D eigenvalue weighted by Gasteiger charge is -2.17.